The third kappa shape index (κ3) is 8.88. The monoisotopic (exact) mass is 250 g/mol. The van der Waals surface area contributed by atoms with E-state index in [0.717, 1.165) is 38.5 Å². The van der Waals surface area contributed by atoms with Gasteiger partial charge in [-0.3, -0.25) is 4.55 Å². The van der Waals surface area contributed by atoms with Crippen LogP contribution in [0.4, 0.5) is 0 Å². The Morgan fingerprint density at radius 2 is 1.56 bits per heavy atom. The van der Waals surface area contributed by atoms with Gasteiger partial charge in [-0.15, -0.1) is 6.58 Å². The molecule has 16 heavy (non-hydrogen) atoms. The standard InChI is InChI=1S/C11H22O4S/c1-2-3-4-5-6-7-8-9-10-11(12)16(13,14)15/h2,11-12H,1,3-10H2,(H,13,14,15). The van der Waals surface area contributed by atoms with E-state index in [1.54, 1.807) is 0 Å². The van der Waals surface area contributed by atoms with E-state index >= 15 is 0 Å². The molecule has 5 heteroatoms. The fraction of sp³-hybridized carbons (Fsp3) is 0.818. The molecule has 0 heterocycles. The van der Waals surface area contributed by atoms with Gasteiger partial charge in [-0.05, 0) is 25.7 Å². The van der Waals surface area contributed by atoms with Crippen LogP contribution in [0, 0.1) is 0 Å². The molecule has 1 unspecified atom stereocenters. The van der Waals surface area contributed by atoms with Crippen molar-refractivity contribution in [2.45, 2.75) is 56.8 Å². The highest BCUT2D eigenvalue weighted by Crippen LogP contribution is 2.11. The lowest BCUT2D eigenvalue weighted by Gasteiger charge is -2.06. The maximum absolute atomic E-state index is 10.5. The second kappa shape index (κ2) is 8.73. The maximum atomic E-state index is 10.5. The average molecular weight is 250 g/mol. The van der Waals surface area contributed by atoms with Gasteiger partial charge in [0.2, 0.25) is 0 Å². The quantitative estimate of drug-likeness (QED) is 0.355. The summed E-state index contributed by atoms with van der Waals surface area (Å²) in [5.74, 6) is 0. The summed E-state index contributed by atoms with van der Waals surface area (Å²) >= 11 is 0. The van der Waals surface area contributed by atoms with Gasteiger partial charge >= 0.3 is 0 Å². The van der Waals surface area contributed by atoms with Gasteiger partial charge in [0.05, 0.1) is 0 Å². The van der Waals surface area contributed by atoms with E-state index in [0.29, 0.717) is 6.42 Å². The highest BCUT2D eigenvalue weighted by molar-refractivity contribution is 7.86. The summed E-state index contributed by atoms with van der Waals surface area (Å²) in [4.78, 5) is 0. The van der Waals surface area contributed by atoms with Crippen molar-refractivity contribution >= 4 is 10.1 Å². The lowest BCUT2D eigenvalue weighted by molar-refractivity contribution is 0.219. The average Bonchev–Trinajstić information content (AvgIpc) is 2.20. The van der Waals surface area contributed by atoms with E-state index in [2.05, 4.69) is 6.58 Å². The van der Waals surface area contributed by atoms with Crippen LogP contribution in [0.1, 0.15) is 51.4 Å². The van der Waals surface area contributed by atoms with Crippen LogP contribution in [-0.4, -0.2) is 23.5 Å². The zero-order valence-corrected chi connectivity index (χ0v) is 10.5. The predicted octanol–water partition coefficient (Wildman–Crippen LogP) is 2.50. The third-order valence-electron chi connectivity index (χ3n) is 2.45. The fourth-order valence-electron chi connectivity index (χ4n) is 1.46. The SMILES string of the molecule is C=CCCCCCCCCC(O)S(=O)(=O)O. The molecule has 0 aromatic rings. The van der Waals surface area contributed by atoms with E-state index in [9.17, 15) is 8.42 Å². The first-order valence-corrected chi connectivity index (χ1v) is 7.24. The molecule has 0 fully saturated rings. The zero-order valence-electron chi connectivity index (χ0n) is 9.64. The van der Waals surface area contributed by atoms with E-state index in [1.807, 2.05) is 6.08 Å². The minimum Gasteiger partial charge on any atom is -0.375 e. The van der Waals surface area contributed by atoms with Gasteiger partial charge in [0.15, 0.2) is 5.44 Å². The van der Waals surface area contributed by atoms with Crippen LogP contribution < -0.4 is 0 Å². The minimum absolute atomic E-state index is 0.117. The summed E-state index contributed by atoms with van der Waals surface area (Å²) < 4.78 is 29.4. The number of unbranched alkanes of at least 4 members (excludes halogenated alkanes) is 6. The highest BCUT2D eigenvalue weighted by atomic mass is 32.2. The first kappa shape index (κ1) is 15.6. The second-order valence-electron chi connectivity index (χ2n) is 3.96. The first-order valence-electron chi connectivity index (χ1n) is 5.73. The van der Waals surface area contributed by atoms with Crippen LogP contribution in [0.25, 0.3) is 0 Å². The summed E-state index contributed by atoms with van der Waals surface area (Å²) in [5, 5.41) is 9.01. The van der Waals surface area contributed by atoms with Gasteiger partial charge in [-0.2, -0.15) is 8.42 Å². The Morgan fingerprint density at radius 1 is 1.06 bits per heavy atom. The summed E-state index contributed by atoms with van der Waals surface area (Å²) in [7, 11) is -4.26. The van der Waals surface area contributed by atoms with Gasteiger partial charge in [-0.1, -0.05) is 31.8 Å². The van der Waals surface area contributed by atoms with Crippen LogP contribution in [0.5, 0.6) is 0 Å². The molecule has 0 aliphatic carbocycles. The van der Waals surface area contributed by atoms with Crippen molar-refractivity contribution in [1.82, 2.24) is 0 Å². The Balaban J connectivity index is 3.31. The molecule has 0 aromatic carbocycles. The smallest absolute Gasteiger partial charge is 0.291 e. The zero-order chi connectivity index (χ0) is 12.4. The van der Waals surface area contributed by atoms with Crippen molar-refractivity contribution in [3.8, 4) is 0 Å². The lowest BCUT2D eigenvalue weighted by Crippen LogP contribution is -2.19. The van der Waals surface area contributed by atoms with Crippen molar-refractivity contribution < 1.29 is 18.1 Å². The minimum atomic E-state index is -4.26. The highest BCUT2D eigenvalue weighted by Gasteiger charge is 2.18. The number of aliphatic hydroxyl groups excluding tert-OH is 1. The van der Waals surface area contributed by atoms with Crippen LogP contribution in [-0.2, 0) is 10.1 Å². The molecule has 0 bridgehead atoms. The predicted molar refractivity (Wildman–Crippen MR) is 64.7 cm³/mol. The summed E-state index contributed by atoms with van der Waals surface area (Å²) in [5.41, 5.74) is -1.62. The van der Waals surface area contributed by atoms with Gasteiger partial charge in [0.1, 0.15) is 0 Å². The maximum Gasteiger partial charge on any atom is 0.291 e. The summed E-state index contributed by atoms with van der Waals surface area (Å²) in [6.07, 6.45) is 9.05. The molecule has 0 spiro atoms. The third-order valence-corrected chi connectivity index (χ3v) is 3.38. The second-order valence-corrected chi connectivity index (χ2v) is 5.53. The number of aliphatic hydroxyl groups is 1. The lowest BCUT2D eigenvalue weighted by atomic mass is 10.1. The van der Waals surface area contributed by atoms with Crippen LogP contribution in [0.15, 0.2) is 12.7 Å². The van der Waals surface area contributed by atoms with E-state index < -0.39 is 15.6 Å². The summed E-state index contributed by atoms with van der Waals surface area (Å²) in [6, 6.07) is 0. The molecule has 0 aliphatic heterocycles. The summed E-state index contributed by atoms with van der Waals surface area (Å²) in [6.45, 7) is 3.64. The van der Waals surface area contributed by atoms with Gasteiger partial charge in [-0.25, -0.2) is 0 Å². The number of allylic oxidation sites excluding steroid dienone is 1. The Hall–Kier alpha value is -0.390. The van der Waals surface area contributed by atoms with Gasteiger partial charge < -0.3 is 5.11 Å². The van der Waals surface area contributed by atoms with Crippen molar-refractivity contribution in [2.75, 3.05) is 0 Å². The largest absolute Gasteiger partial charge is 0.375 e. The van der Waals surface area contributed by atoms with Crippen LogP contribution in [0.2, 0.25) is 0 Å². The van der Waals surface area contributed by atoms with Crippen molar-refractivity contribution in [2.24, 2.45) is 0 Å². The molecule has 0 radical (unpaired) electrons. The van der Waals surface area contributed by atoms with Crippen molar-refractivity contribution in [1.29, 1.82) is 0 Å². The topological polar surface area (TPSA) is 74.6 Å². The fourth-order valence-corrected chi connectivity index (χ4v) is 1.93. The molecule has 0 rings (SSSR count). The van der Waals surface area contributed by atoms with Crippen LogP contribution in [0.3, 0.4) is 0 Å². The van der Waals surface area contributed by atoms with E-state index in [-0.39, 0.29) is 6.42 Å². The molecule has 0 aliphatic rings. The number of hydrogen-bond donors (Lipinski definition) is 2. The molecular formula is C11H22O4S. The Kier molecular flexibility index (Phi) is 8.51. The van der Waals surface area contributed by atoms with Crippen molar-refractivity contribution in [3.63, 3.8) is 0 Å². The van der Waals surface area contributed by atoms with E-state index in [1.165, 1.54) is 0 Å². The molecule has 0 saturated heterocycles. The molecular weight excluding hydrogens is 228 g/mol. The Labute approximate surface area is 98.1 Å². The Bertz CT molecular complexity index is 272. The van der Waals surface area contributed by atoms with Crippen molar-refractivity contribution in [3.05, 3.63) is 12.7 Å². The van der Waals surface area contributed by atoms with Gasteiger partial charge in [0, 0.05) is 0 Å². The molecule has 4 nitrogen and oxygen atoms in total. The molecule has 2 N–H and O–H groups in total. The van der Waals surface area contributed by atoms with E-state index in [4.69, 9.17) is 9.66 Å². The Morgan fingerprint density at radius 3 is 2.06 bits per heavy atom. The normalized spacial score (nSPS) is 13.6. The molecule has 0 saturated carbocycles. The van der Waals surface area contributed by atoms with Crippen LogP contribution >= 0.6 is 0 Å². The molecule has 1 atom stereocenters. The number of hydrogen-bond acceptors (Lipinski definition) is 3. The molecule has 0 aromatic heterocycles. The number of rotatable bonds is 10. The van der Waals surface area contributed by atoms with Gasteiger partial charge in [0.25, 0.3) is 10.1 Å². The molecule has 0 amide bonds. The molecule has 96 valence electrons. The first-order chi connectivity index (χ1) is 7.48.